The van der Waals surface area contributed by atoms with Crippen molar-refractivity contribution in [3.63, 3.8) is 0 Å². The molecule has 11 heteroatoms. The summed E-state index contributed by atoms with van der Waals surface area (Å²) in [5.74, 6) is 1.86. The van der Waals surface area contributed by atoms with Crippen molar-refractivity contribution >= 4 is 29.3 Å². The van der Waals surface area contributed by atoms with Gasteiger partial charge in [-0.2, -0.15) is 15.0 Å². The molecule has 2 fully saturated rings. The second kappa shape index (κ2) is 10.8. The summed E-state index contributed by atoms with van der Waals surface area (Å²) < 4.78 is 11.2. The number of morpholine rings is 2. The second-order valence-corrected chi connectivity index (χ2v) is 8.89. The topological polar surface area (TPSA) is 118 Å². The van der Waals surface area contributed by atoms with E-state index in [-0.39, 0.29) is 18.1 Å². The zero-order valence-electron chi connectivity index (χ0n) is 20.4. The van der Waals surface area contributed by atoms with Gasteiger partial charge in [-0.1, -0.05) is 0 Å². The van der Waals surface area contributed by atoms with Gasteiger partial charge in [-0.25, -0.2) is 4.79 Å². The van der Waals surface area contributed by atoms with Crippen molar-refractivity contribution in [2.24, 2.45) is 0 Å². The monoisotopic (exact) mass is 490 g/mol. The molecule has 2 N–H and O–H groups in total. The summed E-state index contributed by atoms with van der Waals surface area (Å²) in [4.78, 5) is 35.2. The molecule has 0 bridgehead atoms. The lowest BCUT2D eigenvalue weighted by molar-refractivity contribution is 0.0969. The highest BCUT2D eigenvalue weighted by Gasteiger charge is 2.27. The molecule has 2 amide bonds. The fourth-order valence-electron chi connectivity index (χ4n) is 4.22. The summed E-state index contributed by atoms with van der Waals surface area (Å²) in [7, 11) is 0. The molecule has 0 saturated carbocycles. The summed E-state index contributed by atoms with van der Waals surface area (Å²) >= 11 is 0. The molecule has 11 nitrogen and oxygen atoms in total. The van der Waals surface area contributed by atoms with Crippen LogP contribution in [0.2, 0.25) is 0 Å². The summed E-state index contributed by atoms with van der Waals surface area (Å²) in [6, 6.07) is 11.0. The van der Waals surface area contributed by atoms with Crippen molar-refractivity contribution in [2.75, 3.05) is 60.0 Å². The summed E-state index contributed by atoms with van der Waals surface area (Å²) in [5, 5.41) is 5.59. The van der Waals surface area contributed by atoms with Crippen LogP contribution in [0.1, 0.15) is 13.8 Å². The van der Waals surface area contributed by atoms with Crippen LogP contribution in [0, 0.1) is 0 Å². The predicted octanol–water partition coefficient (Wildman–Crippen LogP) is 3.03. The van der Waals surface area contributed by atoms with Crippen molar-refractivity contribution in [3.8, 4) is 11.4 Å². The molecule has 5 rings (SSSR count). The Balaban J connectivity index is 1.39. The van der Waals surface area contributed by atoms with E-state index in [9.17, 15) is 4.79 Å². The van der Waals surface area contributed by atoms with E-state index in [2.05, 4.69) is 39.3 Å². The summed E-state index contributed by atoms with van der Waals surface area (Å²) in [6.45, 7) is 8.19. The molecular weight excluding hydrogens is 460 g/mol. The Morgan fingerprint density at radius 1 is 0.861 bits per heavy atom. The molecule has 2 aromatic heterocycles. The minimum atomic E-state index is -0.344. The number of urea groups is 1. The van der Waals surface area contributed by atoms with Crippen molar-refractivity contribution < 1.29 is 14.3 Å². The average molecular weight is 491 g/mol. The first kappa shape index (κ1) is 23.9. The Hall–Kier alpha value is -3.83. The van der Waals surface area contributed by atoms with Crippen LogP contribution in [0.15, 0.2) is 48.8 Å². The number of anilines is 4. The van der Waals surface area contributed by atoms with E-state index in [1.54, 1.807) is 24.5 Å². The van der Waals surface area contributed by atoms with Gasteiger partial charge in [0.2, 0.25) is 11.9 Å². The molecule has 0 aliphatic carbocycles. The van der Waals surface area contributed by atoms with Gasteiger partial charge in [0.1, 0.15) is 0 Å². The lowest BCUT2D eigenvalue weighted by Gasteiger charge is -2.36. The van der Waals surface area contributed by atoms with Crippen LogP contribution in [0.3, 0.4) is 0 Å². The molecule has 1 aromatic carbocycles. The number of carbonyl (C=O) groups excluding carboxylic acids is 1. The standard InChI is InChI=1S/C25H30N8O3/c1-17-15-35-12-10-32(17)23-29-22(30-24(31-23)33-11-13-36-16-18(33)2)19-5-7-20(8-6-19)27-25(34)28-21-4-3-9-26-14-21/h3-9,14,17-18H,10-13,15-16H2,1-2H3,(H2,27,28,34). The van der Waals surface area contributed by atoms with E-state index in [0.717, 1.165) is 18.7 Å². The highest BCUT2D eigenvalue weighted by atomic mass is 16.5. The summed E-state index contributed by atoms with van der Waals surface area (Å²) in [6.07, 6.45) is 3.24. The van der Waals surface area contributed by atoms with Crippen LogP contribution >= 0.6 is 0 Å². The fourth-order valence-corrected chi connectivity index (χ4v) is 4.22. The second-order valence-electron chi connectivity index (χ2n) is 8.89. The lowest BCUT2D eigenvalue weighted by atomic mass is 10.2. The van der Waals surface area contributed by atoms with Gasteiger partial charge >= 0.3 is 6.03 Å². The van der Waals surface area contributed by atoms with E-state index >= 15 is 0 Å². The zero-order chi connectivity index (χ0) is 24.9. The number of hydrogen-bond donors (Lipinski definition) is 2. The Morgan fingerprint density at radius 3 is 2.03 bits per heavy atom. The normalized spacial score (nSPS) is 20.2. The number of benzene rings is 1. The third-order valence-electron chi connectivity index (χ3n) is 6.18. The third-order valence-corrected chi connectivity index (χ3v) is 6.18. The molecule has 4 heterocycles. The maximum Gasteiger partial charge on any atom is 0.323 e. The highest BCUT2D eigenvalue weighted by molar-refractivity contribution is 5.99. The lowest BCUT2D eigenvalue weighted by Crippen LogP contribution is -2.46. The van der Waals surface area contributed by atoms with Crippen LogP contribution < -0.4 is 20.4 Å². The van der Waals surface area contributed by atoms with Crippen molar-refractivity contribution in [1.29, 1.82) is 0 Å². The van der Waals surface area contributed by atoms with Gasteiger partial charge in [-0.05, 0) is 50.2 Å². The van der Waals surface area contributed by atoms with Crippen LogP contribution in [-0.2, 0) is 9.47 Å². The minimum absolute atomic E-state index is 0.161. The van der Waals surface area contributed by atoms with E-state index in [4.69, 9.17) is 24.4 Å². The molecule has 2 saturated heterocycles. The van der Waals surface area contributed by atoms with Crippen LogP contribution in [-0.4, -0.2) is 77.6 Å². The number of aromatic nitrogens is 4. The number of carbonyl (C=O) groups is 1. The maximum atomic E-state index is 12.3. The van der Waals surface area contributed by atoms with Gasteiger partial charge in [0.05, 0.1) is 50.4 Å². The number of nitrogens with zero attached hydrogens (tertiary/aromatic N) is 6. The van der Waals surface area contributed by atoms with Crippen molar-refractivity contribution in [3.05, 3.63) is 48.8 Å². The molecular formula is C25H30N8O3. The van der Waals surface area contributed by atoms with Gasteiger partial charge in [0, 0.05) is 30.5 Å². The number of pyridine rings is 1. The maximum absolute atomic E-state index is 12.3. The number of hydrogen-bond acceptors (Lipinski definition) is 9. The number of amides is 2. The van der Waals surface area contributed by atoms with Gasteiger partial charge in [-0.3, -0.25) is 4.98 Å². The van der Waals surface area contributed by atoms with E-state index in [0.29, 0.717) is 55.5 Å². The first-order valence-electron chi connectivity index (χ1n) is 12.1. The smallest absolute Gasteiger partial charge is 0.323 e. The summed E-state index contributed by atoms with van der Waals surface area (Å²) in [5.41, 5.74) is 2.10. The Bertz CT molecular complexity index is 1140. The number of rotatable bonds is 5. The van der Waals surface area contributed by atoms with E-state index in [1.807, 2.05) is 24.3 Å². The van der Waals surface area contributed by atoms with Crippen LogP contribution in [0.5, 0.6) is 0 Å². The minimum Gasteiger partial charge on any atom is -0.377 e. The van der Waals surface area contributed by atoms with Crippen LogP contribution in [0.25, 0.3) is 11.4 Å². The van der Waals surface area contributed by atoms with Gasteiger partial charge in [-0.15, -0.1) is 0 Å². The van der Waals surface area contributed by atoms with Gasteiger partial charge < -0.3 is 29.9 Å². The van der Waals surface area contributed by atoms with Crippen molar-refractivity contribution in [2.45, 2.75) is 25.9 Å². The van der Waals surface area contributed by atoms with Gasteiger partial charge in [0.15, 0.2) is 5.82 Å². The van der Waals surface area contributed by atoms with Crippen LogP contribution in [0.4, 0.5) is 28.1 Å². The average Bonchev–Trinajstić information content (AvgIpc) is 2.90. The first-order valence-corrected chi connectivity index (χ1v) is 12.1. The Labute approximate surface area is 209 Å². The first-order chi connectivity index (χ1) is 17.6. The van der Waals surface area contributed by atoms with E-state index < -0.39 is 0 Å². The van der Waals surface area contributed by atoms with Crippen molar-refractivity contribution in [1.82, 2.24) is 19.9 Å². The molecule has 3 aromatic rings. The van der Waals surface area contributed by atoms with E-state index in [1.165, 1.54) is 0 Å². The predicted molar refractivity (Wildman–Crippen MR) is 137 cm³/mol. The molecule has 188 valence electrons. The third kappa shape index (κ3) is 5.52. The molecule has 2 atom stereocenters. The largest absolute Gasteiger partial charge is 0.377 e. The molecule has 36 heavy (non-hydrogen) atoms. The molecule has 0 radical (unpaired) electrons. The molecule has 2 aliphatic heterocycles. The molecule has 2 unspecified atom stereocenters. The highest BCUT2D eigenvalue weighted by Crippen LogP contribution is 2.26. The Kier molecular flexibility index (Phi) is 7.19. The Morgan fingerprint density at radius 2 is 1.47 bits per heavy atom. The molecule has 0 spiro atoms. The SMILES string of the molecule is CC1COCCN1c1nc(-c2ccc(NC(=O)Nc3cccnc3)cc2)nc(N2CCOCC2C)n1. The zero-order valence-corrected chi connectivity index (χ0v) is 20.4. The number of nitrogens with one attached hydrogen (secondary N) is 2. The quantitative estimate of drug-likeness (QED) is 0.556. The fraction of sp³-hybridized carbons (Fsp3) is 0.400. The van der Waals surface area contributed by atoms with Gasteiger partial charge in [0.25, 0.3) is 0 Å². The number of ether oxygens (including phenoxy) is 2. The molecule has 2 aliphatic rings.